The van der Waals surface area contributed by atoms with E-state index < -0.39 is 5.82 Å². The van der Waals surface area contributed by atoms with E-state index in [9.17, 15) is 9.18 Å². The Labute approximate surface area is 124 Å². The molecule has 1 aliphatic carbocycles. The lowest BCUT2D eigenvalue weighted by Gasteiger charge is -2.22. The Bertz CT molecular complexity index is 633. The first kappa shape index (κ1) is 13.4. The van der Waals surface area contributed by atoms with Crippen LogP contribution in [0.1, 0.15) is 40.6 Å². The molecule has 0 fully saturated rings. The molecular formula is C15H13BrFNO2. The van der Waals surface area contributed by atoms with Crippen molar-refractivity contribution in [1.82, 2.24) is 5.32 Å². The van der Waals surface area contributed by atoms with Crippen LogP contribution in [-0.2, 0) is 6.42 Å². The highest BCUT2D eigenvalue weighted by Gasteiger charge is 2.24. The Morgan fingerprint density at radius 2 is 2.25 bits per heavy atom. The zero-order chi connectivity index (χ0) is 14.1. The third-order valence-corrected chi connectivity index (χ3v) is 3.94. The lowest BCUT2D eigenvalue weighted by Crippen LogP contribution is -2.30. The SMILES string of the molecule is O=C(NC1CCCc2occc21)c1cc(F)cc(Br)c1. The van der Waals surface area contributed by atoms with Gasteiger partial charge in [-0.1, -0.05) is 15.9 Å². The topological polar surface area (TPSA) is 42.2 Å². The zero-order valence-corrected chi connectivity index (χ0v) is 12.2. The van der Waals surface area contributed by atoms with Crippen molar-refractivity contribution in [2.75, 3.05) is 0 Å². The maximum atomic E-state index is 13.3. The molecule has 0 bridgehead atoms. The van der Waals surface area contributed by atoms with E-state index in [-0.39, 0.29) is 11.9 Å². The summed E-state index contributed by atoms with van der Waals surface area (Å²) in [6, 6.07) is 6.00. The fraction of sp³-hybridized carbons (Fsp3) is 0.267. The Morgan fingerprint density at radius 3 is 3.05 bits per heavy atom. The van der Waals surface area contributed by atoms with E-state index >= 15 is 0 Å². The van der Waals surface area contributed by atoms with Gasteiger partial charge in [0.15, 0.2) is 0 Å². The van der Waals surface area contributed by atoms with Crippen LogP contribution >= 0.6 is 15.9 Å². The van der Waals surface area contributed by atoms with Gasteiger partial charge in [0, 0.05) is 22.0 Å². The quantitative estimate of drug-likeness (QED) is 0.900. The summed E-state index contributed by atoms with van der Waals surface area (Å²) in [7, 11) is 0. The van der Waals surface area contributed by atoms with E-state index in [0.29, 0.717) is 10.0 Å². The summed E-state index contributed by atoms with van der Waals surface area (Å²) >= 11 is 3.19. The number of fused-ring (bicyclic) bond motifs is 1. The molecule has 0 saturated carbocycles. The van der Waals surface area contributed by atoms with Crippen molar-refractivity contribution in [3.8, 4) is 0 Å². The Morgan fingerprint density at radius 1 is 1.40 bits per heavy atom. The smallest absolute Gasteiger partial charge is 0.251 e. The van der Waals surface area contributed by atoms with Crippen LogP contribution in [0.2, 0.25) is 0 Å². The molecule has 1 amide bonds. The van der Waals surface area contributed by atoms with Crippen molar-refractivity contribution in [3.63, 3.8) is 0 Å². The summed E-state index contributed by atoms with van der Waals surface area (Å²) in [6.45, 7) is 0. The summed E-state index contributed by atoms with van der Waals surface area (Å²) in [6.07, 6.45) is 4.39. The van der Waals surface area contributed by atoms with E-state index in [1.165, 1.54) is 12.1 Å². The van der Waals surface area contributed by atoms with E-state index in [1.54, 1.807) is 12.3 Å². The first-order chi connectivity index (χ1) is 9.63. The van der Waals surface area contributed by atoms with Gasteiger partial charge in [-0.15, -0.1) is 0 Å². The lowest BCUT2D eigenvalue weighted by atomic mass is 9.93. The number of aryl methyl sites for hydroxylation is 1. The Kier molecular flexibility index (Phi) is 3.61. The molecule has 1 heterocycles. The molecule has 0 aliphatic heterocycles. The normalized spacial score (nSPS) is 17.6. The summed E-state index contributed by atoms with van der Waals surface area (Å²) in [5, 5.41) is 2.95. The molecule has 20 heavy (non-hydrogen) atoms. The van der Waals surface area contributed by atoms with Gasteiger partial charge in [-0.25, -0.2) is 4.39 Å². The minimum absolute atomic E-state index is 0.0629. The number of carbonyl (C=O) groups is 1. The van der Waals surface area contributed by atoms with Crippen LogP contribution in [0.3, 0.4) is 0 Å². The third kappa shape index (κ3) is 2.63. The van der Waals surface area contributed by atoms with Gasteiger partial charge in [0.1, 0.15) is 11.6 Å². The van der Waals surface area contributed by atoms with Crippen molar-refractivity contribution < 1.29 is 13.6 Å². The van der Waals surface area contributed by atoms with Gasteiger partial charge in [-0.2, -0.15) is 0 Å². The Balaban J connectivity index is 1.80. The van der Waals surface area contributed by atoms with Crippen molar-refractivity contribution in [2.24, 2.45) is 0 Å². The van der Waals surface area contributed by atoms with Gasteiger partial charge in [0.05, 0.1) is 12.3 Å². The van der Waals surface area contributed by atoms with Gasteiger partial charge in [-0.05, 0) is 37.1 Å². The first-order valence-corrected chi connectivity index (χ1v) is 7.26. The summed E-state index contributed by atoms with van der Waals surface area (Å²) in [5.74, 6) is 0.225. The second-order valence-electron chi connectivity index (χ2n) is 4.88. The number of halogens is 2. The highest BCUT2D eigenvalue weighted by molar-refractivity contribution is 9.10. The molecular weight excluding hydrogens is 325 g/mol. The van der Waals surface area contributed by atoms with Crippen LogP contribution in [0.5, 0.6) is 0 Å². The van der Waals surface area contributed by atoms with E-state index in [4.69, 9.17) is 4.42 Å². The number of hydrogen-bond acceptors (Lipinski definition) is 2. The highest BCUT2D eigenvalue weighted by atomic mass is 79.9. The first-order valence-electron chi connectivity index (χ1n) is 6.47. The van der Waals surface area contributed by atoms with Crippen LogP contribution in [-0.4, -0.2) is 5.91 Å². The van der Waals surface area contributed by atoms with Gasteiger partial charge >= 0.3 is 0 Å². The monoisotopic (exact) mass is 337 g/mol. The zero-order valence-electron chi connectivity index (χ0n) is 10.7. The Hall–Kier alpha value is -1.62. The molecule has 1 aromatic carbocycles. The predicted octanol–water partition coefficient (Wildman–Crippen LogP) is 3.99. The minimum Gasteiger partial charge on any atom is -0.469 e. The van der Waals surface area contributed by atoms with Gasteiger partial charge in [-0.3, -0.25) is 4.79 Å². The maximum absolute atomic E-state index is 13.3. The van der Waals surface area contributed by atoms with E-state index in [0.717, 1.165) is 30.6 Å². The molecule has 1 atom stereocenters. The molecule has 3 nitrogen and oxygen atoms in total. The van der Waals surface area contributed by atoms with Crippen LogP contribution in [0.25, 0.3) is 0 Å². The molecule has 1 aromatic heterocycles. The van der Waals surface area contributed by atoms with E-state index in [1.807, 2.05) is 6.07 Å². The maximum Gasteiger partial charge on any atom is 0.251 e. The number of hydrogen-bond donors (Lipinski definition) is 1. The van der Waals surface area contributed by atoms with Gasteiger partial charge in [0.25, 0.3) is 5.91 Å². The van der Waals surface area contributed by atoms with Crippen LogP contribution in [0.15, 0.2) is 39.4 Å². The number of rotatable bonds is 2. The molecule has 0 spiro atoms. The molecule has 2 aromatic rings. The van der Waals surface area contributed by atoms with Gasteiger partial charge in [0.2, 0.25) is 0 Å². The summed E-state index contributed by atoms with van der Waals surface area (Å²) in [5.41, 5.74) is 1.34. The fourth-order valence-corrected chi connectivity index (χ4v) is 3.03. The highest BCUT2D eigenvalue weighted by Crippen LogP contribution is 2.30. The summed E-state index contributed by atoms with van der Waals surface area (Å²) < 4.78 is 19.3. The largest absolute Gasteiger partial charge is 0.469 e. The van der Waals surface area contributed by atoms with Crippen molar-refractivity contribution in [2.45, 2.75) is 25.3 Å². The molecule has 0 saturated heterocycles. The molecule has 5 heteroatoms. The average molecular weight is 338 g/mol. The van der Waals surface area contributed by atoms with E-state index in [2.05, 4.69) is 21.2 Å². The number of benzene rings is 1. The van der Waals surface area contributed by atoms with Crippen LogP contribution in [0, 0.1) is 5.82 Å². The van der Waals surface area contributed by atoms with Crippen LogP contribution in [0.4, 0.5) is 4.39 Å². The van der Waals surface area contributed by atoms with Crippen LogP contribution < -0.4 is 5.32 Å². The second-order valence-corrected chi connectivity index (χ2v) is 5.79. The molecule has 1 unspecified atom stereocenters. The second kappa shape index (κ2) is 5.40. The fourth-order valence-electron chi connectivity index (χ4n) is 2.56. The average Bonchev–Trinajstić information content (AvgIpc) is 2.87. The third-order valence-electron chi connectivity index (χ3n) is 3.48. The molecule has 1 aliphatic rings. The molecule has 3 rings (SSSR count). The van der Waals surface area contributed by atoms with Crippen molar-refractivity contribution in [1.29, 1.82) is 0 Å². The van der Waals surface area contributed by atoms with Gasteiger partial charge < -0.3 is 9.73 Å². The van der Waals surface area contributed by atoms with Crippen molar-refractivity contribution in [3.05, 3.63) is 57.7 Å². The number of nitrogens with one attached hydrogen (secondary N) is 1. The standard InChI is InChI=1S/C15H13BrFNO2/c16-10-6-9(7-11(17)8-10)15(19)18-13-2-1-3-14-12(13)4-5-20-14/h4-8,13H,1-3H2,(H,18,19). The number of carbonyl (C=O) groups excluding carboxylic acids is 1. The lowest BCUT2D eigenvalue weighted by molar-refractivity contribution is 0.0931. The number of amides is 1. The molecule has 104 valence electrons. The number of furan rings is 1. The molecule has 1 N–H and O–H groups in total. The molecule has 0 radical (unpaired) electrons. The summed E-state index contributed by atoms with van der Waals surface area (Å²) in [4.78, 5) is 12.2. The predicted molar refractivity (Wildman–Crippen MR) is 76.0 cm³/mol. The van der Waals surface area contributed by atoms with Crippen molar-refractivity contribution >= 4 is 21.8 Å². The minimum atomic E-state index is -0.433.